The highest BCUT2D eigenvalue weighted by molar-refractivity contribution is 7.90. The second-order valence-electron chi connectivity index (χ2n) is 4.60. The number of pyridine rings is 1. The number of halogens is 1. The molecule has 0 bridgehead atoms. The third-order valence-corrected chi connectivity index (χ3v) is 4.33. The molecule has 1 aromatic rings. The molecule has 4 nitrogen and oxygen atoms in total. The highest BCUT2D eigenvalue weighted by Gasteiger charge is 2.24. The molecule has 1 aromatic heterocycles. The van der Waals surface area contributed by atoms with Crippen molar-refractivity contribution in [2.75, 3.05) is 17.5 Å². The Kier molecular flexibility index (Phi) is 4.99. The summed E-state index contributed by atoms with van der Waals surface area (Å²) in [5.74, 6) is 0.910. The molecule has 1 rings (SSSR count). The van der Waals surface area contributed by atoms with Gasteiger partial charge in [-0.15, -0.1) is 11.6 Å². The van der Waals surface area contributed by atoms with Crippen molar-refractivity contribution in [2.24, 2.45) is 0 Å². The van der Waals surface area contributed by atoms with E-state index in [2.05, 4.69) is 10.3 Å². The van der Waals surface area contributed by atoms with Gasteiger partial charge in [0, 0.05) is 23.9 Å². The van der Waals surface area contributed by atoms with Gasteiger partial charge >= 0.3 is 0 Å². The Bertz CT molecular complexity index is 505. The van der Waals surface area contributed by atoms with Gasteiger partial charge in [0.2, 0.25) is 0 Å². The van der Waals surface area contributed by atoms with E-state index >= 15 is 0 Å². The number of hydrogen-bond acceptors (Lipinski definition) is 4. The van der Waals surface area contributed by atoms with Gasteiger partial charge in [-0.25, -0.2) is 13.4 Å². The molecule has 0 fully saturated rings. The van der Waals surface area contributed by atoms with Crippen LogP contribution in [0, 0.1) is 0 Å². The van der Waals surface area contributed by atoms with E-state index < -0.39 is 9.84 Å². The summed E-state index contributed by atoms with van der Waals surface area (Å²) in [5.41, 5.74) is -0.254. The van der Waals surface area contributed by atoms with Gasteiger partial charge in [0.1, 0.15) is 10.7 Å². The van der Waals surface area contributed by atoms with Crippen molar-refractivity contribution in [3.63, 3.8) is 0 Å². The Morgan fingerprint density at radius 3 is 2.67 bits per heavy atom. The minimum Gasteiger partial charge on any atom is -0.364 e. The molecule has 1 N–H and O–H groups in total. The molecule has 18 heavy (non-hydrogen) atoms. The molecule has 1 atom stereocenters. The van der Waals surface area contributed by atoms with E-state index in [4.69, 9.17) is 11.6 Å². The zero-order valence-electron chi connectivity index (χ0n) is 10.9. The molecule has 0 radical (unpaired) electrons. The van der Waals surface area contributed by atoms with Crippen LogP contribution in [0.3, 0.4) is 0 Å². The lowest BCUT2D eigenvalue weighted by Gasteiger charge is -2.30. The van der Waals surface area contributed by atoms with Crippen molar-refractivity contribution in [1.29, 1.82) is 0 Å². The number of aromatic nitrogens is 1. The molecule has 0 saturated heterocycles. The van der Waals surface area contributed by atoms with Gasteiger partial charge in [0.15, 0.2) is 9.84 Å². The molecule has 0 aliphatic rings. The lowest BCUT2D eigenvalue weighted by molar-refractivity contribution is 0.477. The second-order valence-corrected chi connectivity index (χ2v) is 6.96. The van der Waals surface area contributed by atoms with E-state index in [9.17, 15) is 8.42 Å². The highest BCUT2D eigenvalue weighted by atomic mass is 35.5. The predicted molar refractivity (Wildman–Crippen MR) is 75.0 cm³/mol. The number of nitrogens with zero attached hydrogens (tertiary/aromatic N) is 1. The van der Waals surface area contributed by atoms with E-state index in [0.29, 0.717) is 11.7 Å². The molecule has 0 aliphatic carbocycles. The Morgan fingerprint density at radius 2 is 2.17 bits per heavy atom. The topological polar surface area (TPSA) is 59.1 Å². The monoisotopic (exact) mass is 290 g/mol. The number of rotatable bonds is 6. The first-order chi connectivity index (χ1) is 8.32. The Hall–Kier alpha value is -0.810. The average molecular weight is 291 g/mol. The van der Waals surface area contributed by atoms with Gasteiger partial charge in [-0.1, -0.05) is 6.92 Å². The first-order valence-corrected chi connectivity index (χ1v) is 8.24. The quantitative estimate of drug-likeness (QED) is 0.819. The van der Waals surface area contributed by atoms with Crippen molar-refractivity contribution < 1.29 is 8.42 Å². The predicted octanol–water partition coefficient (Wildman–Crippen LogP) is 2.69. The first-order valence-electron chi connectivity index (χ1n) is 5.81. The number of anilines is 1. The maximum Gasteiger partial charge on any atom is 0.179 e. The number of hydrogen-bond donors (Lipinski definition) is 1. The van der Waals surface area contributed by atoms with E-state index in [0.717, 1.165) is 12.8 Å². The van der Waals surface area contributed by atoms with Gasteiger partial charge in [-0.2, -0.15) is 0 Å². The normalized spacial score (nSPS) is 15.1. The molecule has 1 heterocycles. The first kappa shape index (κ1) is 15.2. The van der Waals surface area contributed by atoms with Crippen molar-refractivity contribution in [3.8, 4) is 0 Å². The molecule has 6 heteroatoms. The van der Waals surface area contributed by atoms with Crippen molar-refractivity contribution in [3.05, 3.63) is 18.3 Å². The maximum atomic E-state index is 11.7. The molecule has 0 aromatic carbocycles. The summed E-state index contributed by atoms with van der Waals surface area (Å²) in [4.78, 5) is 4.35. The fraction of sp³-hybridized carbons (Fsp3) is 0.583. The molecular formula is C12H19ClN2O2S. The molecule has 0 saturated carbocycles. The third kappa shape index (κ3) is 3.85. The molecule has 0 spiro atoms. The zero-order chi connectivity index (χ0) is 13.8. The third-order valence-electron chi connectivity index (χ3n) is 3.02. The van der Waals surface area contributed by atoms with Crippen LogP contribution >= 0.6 is 11.6 Å². The van der Waals surface area contributed by atoms with Crippen LogP contribution in [0.25, 0.3) is 0 Å². The maximum absolute atomic E-state index is 11.7. The molecular weight excluding hydrogens is 272 g/mol. The van der Waals surface area contributed by atoms with Crippen LogP contribution in [-0.4, -0.2) is 31.1 Å². The highest BCUT2D eigenvalue weighted by Crippen LogP contribution is 2.25. The summed E-state index contributed by atoms with van der Waals surface area (Å²) in [6.45, 7) is 4.04. The Morgan fingerprint density at radius 1 is 1.50 bits per heavy atom. The van der Waals surface area contributed by atoms with Gasteiger partial charge < -0.3 is 5.32 Å². The molecule has 102 valence electrons. The van der Waals surface area contributed by atoms with E-state index in [1.807, 2.05) is 13.8 Å². The van der Waals surface area contributed by atoms with Crippen molar-refractivity contribution >= 4 is 27.3 Å². The second kappa shape index (κ2) is 5.89. The number of sulfone groups is 1. The lowest BCUT2D eigenvalue weighted by atomic mass is 9.95. The van der Waals surface area contributed by atoms with Gasteiger partial charge in [-0.3, -0.25) is 0 Å². The smallest absolute Gasteiger partial charge is 0.179 e. The van der Waals surface area contributed by atoms with Crippen molar-refractivity contribution in [1.82, 2.24) is 4.98 Å². The fourth-order valence-corrected chi connectivity index (χ4v) is 2.80. The Balaban J connectivity index is 3.11. The minimum absolute atomic E-state index is 0.222. The summed E-state index contributed by atoms with van der Waals surface area (Å²) in [6, 6.07) is 3.17. The van der Waals surface area contributed by atoms with Gasteiger partial charge in [0.05, 0.1) is 0 Å². The molecule has 0 amide bonds. The minimum atomic E-state index is -3.29. The summed E-state index contributed by atoms with van der Waals surface area (Å²) in [7, 11) is -3.29. The lowest BCUT2D eigenvalue weighted by Crippen LogP contribution is -2.35. The zero-order valence-corrected chi connectivity index (χ0v) is 12.5. The van der Waals surface area contributed by atoms with Gasteiger partial charge in [0.25, 0.3) is 0 Å². The van der Waals surface area contributed by atoms with Gasteiger partial charge in [-0.05, 0) is 31.9 Å². The summed E-state index contributed by atoms with van der Waals surface area (Å²) >= 11 is 5.78. The summed E-state index contributed by atoms with van der Waals surface area (Å²) in [6.07, 6.45) is 4.33. The summed E-state index contributed by atoms with van der Waals surface area (Å²) in [5, 5.41) is 3.21. The van der Waals surface area contributed by atoms with Crippen LogP contribution < -0.4 is 5.32 Å². The van der Waals surface area contributed by atoms with E-state index in [1.54, 1.807) is 18.3 Å². The largest absolute Gasteiger partial charge is 0.364 e. The SMILES string of the molecule is CCC(C)(CCCl)Nc1ncccc1S(C)(=O)=O. The van der Waals surface area contributed by atoms with Crippen LogP contribution in [0.2, 0.25) is 0 Å². The van der Waals surface area contributed by atoms with Crippen LogP contribution in [0.5, 0.6) is 0 Å². The Labute approximate surface area is 114 Å². The van der Waals surface area contributed by atoms with Crippen LogP contribution in [0.1, 0.15) is 26.7 Å². The number of nitrogens with one attached hydrogen (secondary N) is 1. The summed E-state index contributed by atoms with van der Waals surface area (Å²) < 4.78 is 23.4. The van der Waals surface area contributed by atoms with E-state index in [-0.39, 0.29) is 10.4 Å². The number of alkyl halides is 1. The molecule has 0 aliphatic heterocycles. The van der Waals surface area contributed by atoms with Crippen molar-refractivity contribution in [2.45, 2.75) is 37.1 Å². The van der Waals surface area contributed by atoms with Crippen LogP contribution in [-0.2, 0) is 9.84 Å². The molecule has 1 unspecified atom stereocenters. The standard InChI is InChI=1S/C12H19ClN2O2S/c1-4-12(2,7-8-13)15-11-10(18(3,16)17)6-5-9-14-11/h5-6,9H,4,7-8H2,1-3H3,(H,14,15). The fourth-order valence-electron chi connectivity index (χ4n) is 1.61. The van der Waals surface area contributed by atoms with Crippen LogP contribution in [0.4, 0.5) is 5.82 Å². The van der Waals surface area contributed by atoms with E-state index in [1.165, 1.54) is 6.26 Å². The van der Waals surface area contributed by atoms with Crippen LogP contribution in [0.15, 0.2) is 23.2 Å². The average Bonchev–Trinajstić information content (AvgIpc) is 2.28.